The molecule has 0 spiro atoms. The van der Waals surface area contributed by atoms with Gasteiger partial charge in [-0.1, -0.05) is 59.8 Å². The maximum atomic E-state index is 3.69. The first kappa shape index (κ1) is 14.0. The molecule has 1 fully saturated rings. The highest BCUT2D eigenvalue weighted by Gasteiger charge is 2.49. The molecule has 0 heterocycles. The predicted octanol–water partition coefficient (Wildman–Crippen LogP) is 4.37. The van der Waals surface area contributed by atoms with E-state index in [9.17, 15) is 0 Å². The van der Waals surface area contributed by atoms with Crippen LogP contribution >= 0.6 is 0 Å². The van der Waals surface area contributed by atoms with Gasteiger partial charge in [-0.15, -0.1) is 0 Å². The maximum Gasteiger partial charge on any atom is 0.0100 e. The molecule has 16 heavy (non-hydrogen) atoms. The van der Waals surface area contributed by atoms with Gasteiger partial charge >= 0.3 is 0 Å². The van der Waals surface area contributed by atoms with E-state index in [4.69, 9.17) is 0 Å². The Kier molecular flexibility index (Phi) is 5.82. The van der Waals surface area contributed by atoms with Crippen molar-refractivity contribution in [2.45, 2.75) is 78.7 Å². The van der Waals surface area contributed by atoms with Gasteiger partial charge in [0.2, 0.25) is 0 Å². The van der Waals surface area contributed by atoms with E-state index in [1.807, 2.05) is 0 Å². The molecule has 1 rings (SSSR count). The monoisotopic (exact) mass is 225 g/mol. The third-order valence-corrected chi connectivity index (χ3v) is 4.16. The van der Waals surface area contributed by atoms with Crippen LogP contribution in [0.5, 0.6) is 0 Å². The van der Waals surface area contributed by atoms with Crippen molar-refractivity contribution in [2.24, 2.45) is 11.3 Å². The standard InChI is InChI=1S/C15H31N/c1-5-7-8-9-10-11-14(16-6-2)13-12-15(13,3)4/h13-14,16H,5-12H2,1-4H3. The van der Waals surface area contributed by atoms with Crippen LogP contribution in [0.25, 0.3) is 0 Å². The van der Waals surface area contributed by atoms with Crippen LogP contribution in [0.1, 0.15) is 72.6 Å². The highest BCUT2D eigenvalue weighted by Crippen LogP contribution is 2.54. The highest BCUT2D eigenvalue weighted by atomic mass is 14.9. The summed E-state index contributed by atoms with van der Waals surface area (Å²) in [6.45, 7) is 10.5. The van der Waals surface area contributed by atoms with E-state index in [0.29, 0.717) is 5.41 Å². The second-order valence-electron chi connectivity index (χ2n) is 6.17. The van der Waals surface area contributed by atoms with Crippen LogP contribution in [0.4, 0.5) is 0 Å². The van der Waals surface area contributed by atoms with Gasteiger partial charge in [0.15, 0.2) is 0 Å². The molecule has 1 aliphatic rings. The molecule has 2 atom stereocenters. The summed E-state index contributed by atoms with van der Waals surface area (Å²) >= 11 is 0. The van der Waals surface area contributed by atoms with E-state index in [1.165, 1.54) is 44.9 Å². The van der Waals surface area contributed by atoms with E-state index in [1.54, 1.807) is 0 Å². The van der Waals surface area contributed by atoms with E-state index in [2.05, 4.69) is 33.0 Å². The molecule has 1 saturated carbocycles. The van der Waals surface area contributed by atoms with Crippen LogP contribution in [0, 0.1) is 11.3 Å². The number of hydrogen-bond donors (Lipinski definition) is 1. The summed E-state index contributed by atoms with van der Waals surface area (Å²) in [6, 6.07) is 0.793. The second-order valence-corrected chi connectivity index (χ2v) is 6.17. The van der Waals surface area contributed by atoms with Gasteiger partial charge in [0.05, 0.1) is 0 Å². The molecule has 0 aromatic carbocycles. The fourth-order valence-electron chi connectivity index (χ4n) is 2.87. The van der Waals surface area contributed by atoms with Crippen molar-refractivity contribution in [3.63, 3.8) is 0 Å². The Bertz CT molecular complexity index is 186. The van der Waals surface area contributed by atoms with E-state index >= 15 is 0 Å². The average molecular weight is 225 g/mol. The van der Waals surface area contributed by atoms with Gasteiger partial charge in [0.1, 0.15) is 0 Å². The fraction of sp³-hybridized carbons (Fsp3) is 1.00. The Balaban J connectivity index is 2.14. The van der Waals surface area contributed by atoms with Crippen LogP contribution in [0.2, 0.25) is 0 Å². The minimum absolute atomic E-state index is 0.621. The highest BCUT2D eigenvalue weighted by molar-refractivity contribution is 5.01. The minimum Gasteiger partial charge on any atom is -0.314 e. The van der Waals surface area contributed by atoms with Gasteiger partial charge in [0, 0.05) is 6.04 Å². The van der Waals surface area contributed by atoms with Gasteiger partial charge in [-0.05, 0) is 30.7 Å². The molecule has 1 N–H and O–H groups in total. The van der Waals surface area contributed by atoms with Gasteiger partial charge in [-0.25, -0.2) is 0 Å². The van der Waals surface area contributed by atoms with Crippen LogP contribution in [0.3, 0.4) is 0 Å². The molecule has 96 valence electrons. The van der Waals surface area contributed by atoms with Crippen LogP contribution in [-0.2, 0) is 0 Å². The Labute approximate surface area is 102 Å². The summed E-state index contributed by atoms with van der Waals surface area (Å²) in [6.07, 6.45) is 9.88. The lowest BCUT2D eigenvalue weighted by Gasteiger charge is -2.19. The first-order valence-electron chi connectivity index (χ1n) is 7.35. The third kappa shape index (κ3) is 4.45. The van der Waals surface area contributed by atoms with Crippen molar-refractivity contribution in [3.05, 3.63) is 0 Å². The summed E-state index contributed by atoms with van der Waals surface area (Å²) < 4.78 is 0. The molecule has 2 unspecified atom stereocenters. The Hall–Kier alpha value is -0.0400. The number of unbranched alkanes of at least 4 members (excludes halogenated alkanes) is 4. The smallest absolute Gasteiger partial charge is 0.0100 e. The second kappa shape index (κ2) is 6.64. The molecule has 1 aliphatic carbocycles. The topological polar surface area (TPSA) is 12.0 Å². The lowest BCUT2D eigenvalue weighted by Crippen LogP contribution is -2.32. The zero-order valence-electron chi connectivity index (χ0n) is 11.8. The summed E-state index contributed by atoms with van der Waals surface area (Å²) in [7, 11) is 0. The van der Waals surface area contributed by atoms with Crippen molar-refractivity contribution in [1.29, 1.82) is 0 Å². The van der Waals surface area contributed by atoms with E-state index in [-0.39, 0.29) is 0 Å². The van der Waals surface area contributed by atoms with Crippen molar-refractivity contribution in [2.75, 3.05) is 6.54 Å². The summed E-state index contributed by atoms with van der Waals surface area (Å²) in [4.78, 5) is 0. The molecular formula is C15H31N. The molecule has 0 bridgehead atoms. The molecule has 0 aromatic heterocycles. The van der Waals surface area contributed by atoms with Crippen LogP contribution in [-0.4, -0.2) is 12.6 Å². The molecule has 0 aromatic rings. The fourth-order valence-corrected chi connectivity index (χ4v) is 2.87. The number of rotatable bonds is 9. The van der Waals surface area contributed by atoms with Crippen molar-refractivity contribution in [3.8, 4) is 0 Å². The third-order valence-electron chi connectivity index (χ3n) is 4.16. The maximum absolute atomic E-state index is 3.69. The van der Waals surface area contributed by atoms with Crippen molar-refractivity contribution >= 4 is 0 Å². The Morgan fingerprint density at radius 1 is 1.12 bits per heavy atom. The minimum atomic E-state index is 0.621. The lowest BCUT2D eigenvalue weighted by molar-refractivity contribution is 0.378. The van der Waals surface area contributed by atoms with Crippen molar-refractivity contribution in [1.82, 2.24) is 5.32 Å². The van der Waals surface area contributed by atoms with Gasteiger partial charge in [-0.3, -0.25) is 0 Å². The summed E-state index contributed by atoms with van der Waals surface area (Å²) in [5.74, 6) is 0.943. The normalized spacial score (nSPS) is 24.4. The molecule has 1 nitrogen and oxygen atoms in total. The molecule has 1 heteroatoms. The average Bonchev–Trinajstić information content (AvgIpc) is 2.86. The lowest BCUT2D eigenvalue weighted by atomic mass is 9.98. The Morgan fingerprint density at radius 2 is 1.75 bits per heavy atom. The van der Waals surface area contributed by atoms with Crippen molar-refractivity contribution < 1.29 is 0 Å². The Morgan fingerprint density at radius 3 is 2.25 bits per heavy atom. The molecule has 0 radical (unpaired) electrons. The zero-order chi connectivity index (χ0) is 12.0. The molecule has 0 aliphatic heterocycles. The summed E-state index contributed by atoms with van der Waals surface area (Å²) in [5.41, 5.74) is 0.621. The van der Waals surface area contributed by atoms with Gasteiger partial charge in [-0.2, -0.15) is 0 Å². The largest absolute Gasteiger partial charge is 0.314 e. The molecular weight excluding hydrogens is 194 g/mol. The number of nitrogens with one attached hydrogen (secondary N) is 1. The SMILES string of the molecule is CCCCCCCC(NCC)C1CC1(C)C. The predicted molar refractivity (Wildman–Crippen MR) is 72.7 cm³/mol. The first-order chi connectivity index (χ1) is 7.61. The van der Waals surface area contributed by atoms with Crippen LogP contribution < -0.4 is 5.32 Å². The summed E-state index contributed by atoms with van der Waals surface area (Å²) in [5, 5.41) is 3.69. The van der Waals surface area contributed by atoms with Gasteiger partial charge < -0.3 is 5.32 Å². The first-order valence-corrected chi connectivity index (χ1v) is 7.35. The van der Waals surface area contributed by atoms with Crippen LogP contribution in [0.15, 0.2) is 0 Å². The quantitative estimate of drug-likeness (QED) is 0.575. The zero-order valence-corrected chi connectivity index (χ0v) is 11.8. The molecule has 0 saturated heterocycles. The molecule has 0 amide bonds. The van der Waals surface area contributed by atoms with E-state index < -0.39 is 0 Å². The number of hydrogen-bond acceptors (Lipinski definition) is 1. The van der Waals surface area contributed by atoms with Gasteiger partial charge in [0.25, 0.3) is 0 Å². The van der Waals surface area contributed by atoms with E-state index in [0.717, 1.165) is 18.5 Å².